The normalized spacial score (nSPS) is 14.9. The molecule has 1 aliphatic heterocycles. The summed E-state index contributed by atoms with van der Waals surface area (Å²) in [7, 11) is 0. The number of hydrazine groups is 1. The minimum absolute atomic E-state index is 0.245. The van der Waals surface area contributed by atoms with Gasteiger partial charge in [0.05, 0.1) is 30.8 Å². The lowest BCUT2D eigenvalue weighted by molar-refractivity contribution is -0.119. The van der Waals surface area contributed by atoms with Crippen LogP contribution in [0.15, 0.2) is 67.1 Å². The van der Waals surface area contributed by atoms with E-state index in [-0.39, 0.29) is 5.78 Å². The van der Waals surface area contributed by atoms with Crippen molar-refractivity contribution >= 4 is 11.5 Å². The number of benzene rings is 2. The number of aromatic nitrogens is 2. The summed E-state index contributed by atoms with van der Waals surface area (Å²) >= 11 is 0. The number of ketones is 1. The van der Waals surface area contributed by atoms with Gasteiger partial charge in [0.15, 0.2) is 5.78 Å². The van der Waals surface area contributed by atoms with Crippen molar-refractivity contribution in [1.29, 1.82) is 0 Å². The van der Waals surface area contributed by atoms with Crippen LogP contribution in [0, 0.1) is 0 Å². The van der Waals surface area contributed by atoms with Crippen molar-refractivity contribution < 1.29 is 4.79 Å². The highest BCUT2D eigenvalue weighted by Crippen LogP contribution is 2.27. The predicted molar refractivity (Wildman–Crippen MR) is 102 cm³/mol. The number of aromatic amines is 1. The van der Waals surface area contributed by atoms with Crippen molar-refractivity contribution in [3.8, 4) is 0 Å². The Balaban J connectivity index is 1.63. The van der Waals surface area contributed by atoms with Gasteiger partial charge in [-0.15, -0.1) is 0 Å². The molecule has 0 atom stereocenters. The number of fused-ring (bicyclic) bond motifs is 1. The third-order valence-electron chi connectivity index (χ3n) is 4.73. The predicted octanol–water partition coefficient (Wildman–Crippen LogP) is 3.00. The molecule has 26 heavy (non-hydrogen) atoms. The van der Waals surface area contributed by atoms with Crippen LogP contribution >= 0.6 is 0 Å². The van der Waals surface area contributed by atoms with Crippen LogP contribution in [0.2, 0.25) is 0 Å². The first-order valence-electron chi connectivity index (χ1n) is 8.93. The molecular weight excluding hydrogens is 324 g/mol. The van der Waals surface area contributed by atoms with Crippen LogP contribution in [0.3, 0.4) is 0 Å². The number of rotatable bonds is 5. The van der Waals surface area contributed by atoms with E-state index >= 15 is 0 Å². The molecule has 3 aromatic rings. The Bertz CT molecular complexity index is 861. The molecule has 1 aliphatic rings. The fourth-order valence-electron chi connectivity index (χ4n) is 3.44. The number of hydrogen-bond acceptors (Lipinski definition) is 4. The fourth-order valence-corrected chi connectivity index (χ4v) is 3.44. The Hall–Kier alpha value is -2.92. The lowest BCUT2D eigenvalue weighted by atomic mass is 10.1. The smallest absolute Gasteiger partial charge is 0.153 e. The van der Waals surface area contributed by atoms with E-state index in [2.05, 4.69) is 50.3 Å². The molecule has 0 bridgehead atoms. The number of anilines is 1. The van der Waals surface area contributed by atoms with Crippen LogP contribution in [0.25, 0.3) is 0 Å². The van der Waals surface area contributed by atoms with E-state index < -0.39 is 0 Å². The number of nitrogens with zero attached hydrogens (tertiary/aromatic N) is 3. The Kier molecular flexibility index (Phi) is 4.80. The van der Waals surface area contributed by atoms with Crippen molar-refractivity contribution in [3.63, 3.8) is 0 Å². The molecule has 0 unspecified atom stereocenters. The Labute approximate surface area is 153 Å². The highest BCUT2D eigenvalue weighted by Gasteiger charge is 2.26. The van der Waals surface area contributed by atoms with E-state index in [1.54, 1.807) is 6.33 Å². The molecule has 2 aromatic carbocycles. The third kappa shape index (κ3) is 3.68. The van der Waals surface area contributed by atoms with Gasteiger partial charge in [-0.2, -0.15) is 0 Å². The minimum atomic E-state index is 0.245. The summed E-state index contributed by atoms with van der Waals surface area (Å²) < 4.78 is 0. The maximum atomic E-state index is 12.5. The largest absolute Gasteiger partial charge is 0.351 e. The minimum Gasteiger partial charge on any atom is -0.351 e. The summed E-state index contributed by atoms with van der Waals surface area (Å²) in [6, 6.07) is 18.6. The van der Waals surface area contributed by atoms with Gasteiger partial charge in [0.25, 0.3) is 0 Å². The van der Waals surface area contributed by atoms with Crippen molar-refractivity contribution in [2.24, 2.45) is 0 Å². The van der Waals surface area contributed by atoms with Crippen molar-refractivity contribution in [3.05, 3.63) is 83.9 Å². The second-order valence-electron chi connectivity index (χ2n) is 6.59. The van der Waals surface area contributed by atoms with E-state index in [0.717, 1.165) is 29.9 Å². The summed E-state index contributed by atoms with van der Waals surface area (Å²) in [6.07, 6.45) is 4.98. The average Bonchev–Trinajstić information content (AvgIpc) is 3.13. The van der Waals surface area contributed by atoms with Crippen LogP contribution in [0.5, 0.6) is 0 Å². The molecule has 132 valence electrons. The number of para-hydroxylation sites is 1. The molecule has 0 amide bonds. The van der Waals surface area contributed by atoms with Gasteiger partial charge in [-0.3, -0.25) is 9.80 Å². The fraction of sp³-hybridized carbons (Fsp3) is 0.238. The summed E-state index contributed by atoms with van der Waals surface area (Å²) in [6.45, 7) is 1.85. The van der Waals surface area contributed by atoms with Gasteiger partial charge in [0.1, 0.15) is 0 Å². The van der Waals surface area contributed by atoms with Gasteiger partial charge >= 0.3 is 0 Å². The molecule has 2 heterocycles. The standard InChI is InChI=1S/C21H22N4O/c26-20-12-18-8-4-5-9-21(18)25(14-19-13-22-16-23-19)24(15-20)11-10-17-6-2-1-3-7-17/h1-9,13,16H,10-12,14-15H2,(H,22,23). The van der Waals surface area contributed by atoms with Gasteiger partial charge in [-0.25, -0.2) is 9.99 Å². The first-order chi connectivity index (χ1) is 12.8. The number of imidazole rings is 1. The second-order valence-corrected chi connectivity index (χ2v) is 6.59. The molecule has 1 aromatic heterocycles. The molecule has 5 nitrogen and oxygen atoms in total. The van der Waals surface area contributed by atoms with Crippen molar-refractivity contribution in [2.45, 2.75) is 19.4 Å². The first-order valence-corrected chi connectivity index (χ1v) is 8.93. The number of hydrogen-bond donors (Lipinski definition) is 1. The molecule has 0 radical (unpaired) electrons. The zero-order valence-corrected chi connectivity index (χ0v) is 14.6. The summed E-state index contributed by atoms with van der Waals surface area (Å²) in [5, 5.41) is 4.37. The van der Waals surface area contributed by atoms with E-state index in [9.17, 15) is 4.79 Å². The zero-order valence-electron chi connectivity index (χ0n) is 14.6. The lowest BCUT2D eigenvalue weighted by Gasteiger charge is -2.35. The van der Waals surface area contributed by atoms with Gasteiger partial charge in [0.2, 0.25) is 0 Å². The average molecular weight is 346 g/mol. The van der Waals surface area contributed by atoms with E-state index in [4.69, 9.17) is 0 Å². The number of carbonyl (C=O) groups excluding carboxylic acids is 1. The van der Waals surface area contributed by atoms with Gasteiger partial charge < -0.3 is 4.98 Å². The summed E-state index contributed by atoms with van der Waals surface area (Å²) in [5.74, 6) is 0.245. The van der Waals surface area contributed by atoms with Gasteiger partial charge in [-0.05, 0) is 23.6 Å². The zero-order chi connectivity index (χ0) is 17.8. The van der Waals surface area contributed by atoms with E-state index in [1.807, 2.05) is 30.5 Å². The highest BCUT2D eigenvalue weighted by molar-refractivity contribution is 5.85. The molecule has 5 heteroatoms. The molecule has 0 aliphatic carbocycles. The topological polar surface area (TPSA) is 52.2 Å². The van der Waals surface area contributed by atoms with Crippen LogP contribution in [0.1, 0.15) is 16.8 Å². The van der Waals surface area contributed by atoms with Gasteiger partial charge in [-0.1, -0.05) is 48.5 Å². The van der Waals surface area contributed by atoms with Crippen LogP contribution in [-0.4, -0.2) is 33.8 Å². The molecule has 0 fully saturated rings. The molecular formula is C21H22N4O. The van der Waals surface area contributed by atoms with E-state index in [0.29, 0.717) is 19.5 Å². The van der Waals surface area contributed by atoms with Crippen molar-refractivity contribution in [2.75, 3.05) is 18.1 Å². The molecule has 0 saturated carbocycles. The van der Waals surface area contributed by atoms with E-state index in [1.165, 1.54) is 5.56 Å². The van der Waals surface area contributed by atoms with Crippen molar-refractivity contribution in [1.82, 2.24) is 15.0 Å². The second kappa shape index (κ2) is 7.54. The molecule has 0 spiro atoms. The number of Topliss-reactive ketones (excluding diaryl/α,β-unsaturated/α-hetero) is 1. The SMILES string of the molecule is O=C1Cc2ccccc2N(Cc2c[nH]cn2)N(CCc2ccccc2)C1. The number of H-pyrrole nitrogens is 1. The van der Waals surface area contributed by atoms with Crippen LogP contribution in [-0.2, 0) is 24.2 Å². The summed E-state index contributed by atoms with van der Waals surface area (Å²) in [4.78, 5) is 19.9. The molecule has 1 N–H and O–H groups in total. The molecule has 4 rings (SSSR count). The number of carbonyl (C=O) groups is 1. The lowest BCUT2D eigenvalue weighted by Crippen LogP contribution is -2.45. The number of nitrogens with one attached hydrogen (secondary N) is 1. The first kappa shape index (κ1) is 16.5. The Morgan fingerprint density at radius 3 is 2.65 bits per heavy atom. The van der Waals surface area contributed by atoms with Gasteiger partial charge in [0, 0.05) is 19.2 Å². The van der Waals surface area contributed by atoms with Crippen LogP contribution in [0.4, 0.5) is 5.69 Å². The maximum absolute atomic E-state index is 12.5. The monoisotopic (exact) mass is 346 g/mol. The quantitative estimate of drug-likeness (QED) is 0.772. The maximum Gasteiger partial charge on any atom is 0.153 e. The Morgan fingerprint density at radius 2 is 1.85 bits per heavy atom. The third-order valence-corrected chi connectivity index (χ3v) is 4.73. The highest BCUT2D eigenvalue weighted by atomic mass is 16.1. The Morgan fingerprint density at radius 1 is 1.04 bits per heavy atom. The molecule has 0 saturated heterocycles. The summed E-state index contributed by atoms with van der Waals surface area (Å²) in [5.41, 5.74) is 4.40. The van der Waals surface area contributed by atoms with Crippen LogP contribution < -0.4 is 5.01 Å².